The molecule has 1 aliphatic heterocycles. The lowest BCUT2D eigenvalue weighted by Gasteiger charge is -2.42. The molecule has 0 saturated carbocycles. The van der Waals surface area contributed by atoms with Gasteiger partial charge >= 0.3 is 0 Å². The quantitative estimate of drug-likeness (QED) is 0.751. The first-order valence-electron chi connectivity index (χ1n) is 6.50. The second-order valence-electron chi connectivity index (χ2n) is 6.15. The first-order chi connectivity index (χ1) is 7.83. The number of anilines is 2. The van der Waals surface area contributed by atoms with Crippen molar-refractivity contribution in [2.24, 2.45) is 0 Å². The van der Waals surface area contributed by atoms with Crippen LogP contribution in [-0.4, -0.2) is 12.6 Å². The lowest BCUT2D eigenvalue weighted by molar-refractivity contribution is 0.442. The van der Waals surface area contributed by atoms with E-state index in [-0.39, 0.29) is 5.41 Å². The Balaban J connectivity index is 2.60. The van der Waals surface area contributed by atoms with Crippen LogP contribution < -0.4 is 10.6 Å². The number of rotatable bonds is 1. The molecule has 2 heteroatoms. The normalized spacial score (nSPS) is 18.4. The smallest absolute Gasteiger partial charge is 0.0427 e. The molecular formula is C15H24N2. The van der Waals surface area contributed by atoms with E-state index in [0.29, 0.717) is 6.04 Å². The zero-order valence-corrected chi connectivity index (χ0v) is 11.7. The van der Waals surface area contributed by atoms with Gasteiger partial charge in [0.1, 0.15) is 0 Å². The number of nitrogens with two attached hydrogens (primary N) is 1. The number of hydrogen-bond donors (Lipinski definition) is 1. The number of nitrogens with zero attached hydrogens (tertiary/aromatic N) is 1. The highest BCUT2D eigenvalue weighted by molar-refractivity contribution is 5.67. The van der Waals surface area contributed by atoms with Crippen molar-refractivity contribution in [1.29, 1.82) is 0 Å². The van der Waals surface area contributed by atoms with Crippen molar-refractivity contribution in [1.82, 2.24) is 0 Å². The molecule has 2 N–H and O–H groups in total. The third-order valence-corrected chi connectivity index (χ3v) is 4.02. The molecule has 0 radical (unpaired) electrons. The summed E-state index contributed by atoms with van der Waals surface area (Å²) < 4.78 is 0. The van der Waals surface area contributed by atoms with Crippen LogP contribution in [-0.2, 0) is 5.41 Å². The molecule has 1 heterocycles. The van der Waals surface area contributed by atoms with Crippen molar-refractivity contribution in [2.75, 3.05) is 17.2 Å². The van der Waals surface area contributed by atoms with Crippen LogP contribution in [0.15, 0.2) is 12.1 Å². The summed E-state index contributed by atoms with van der Waals surface area (Å²) in [6.45, 7) is 12.4. The predicted octanol–water partition coefficient (Wildman–Crippen LogP) is 3.47. The average Bonchev–Trinajstić information content (AvgIpc) is 2.20. The minimum atomic E-state index is 0.263. The van der Waals surface area contributed by atoms with E-state index in [9.17, 15) is 0 Å². The van der Waals surface area contributed by atoms with E-state index < -0.39 is 0 Å². The third kappa shape index (κ3) is 2.01. The van der Waals surface area contributed by atoms with E-state index >= 15 is 0 Å². The summed E-state index contributed by atoms with van der Waals surface area (Å²) in [6, 6.07) is 4.97. The highest BCUT2D eigenvalue weighted by Gasteiger charge is 2.32. The summed E-state index contributed by atoms with van der Waals surface area (Å²) in [4.78, 5) is 2.47. The molecule has 0 aromatic heterocycles. The van der Waals surface area contributed by atoms with Crippen LogP contribution in [0.25, 0.3) is 0 Å². The van der Waals surface area contributed by atoms with Gasteiger partial charge in [-0.05, 0) is 49.8 Å². The molecule has 0 atom stereocenters. The van der Waals surface area contributed by atoms with Gasteiger partial charge in [-0.25, -0.2) is 0 Å². The third-order valence-electron chi connectivity index (χ3n) is 4.02. The molecule has 0 spiro atoms. The summed E-state index contributed by atoms with van der Waals surface area (Å²) in [6.07, 6.45) is 1.21. The Kier molecular flexibility index (Phi) is 2.84. The zero-order valence-electron chi connectivity index (χ0n) is 11.7. The maximum absolute atomic E-state index is 6.07. The summed E-state index contributed by atoms with van der Waals surface area (Å²) in [5.74, 6) is 0. The molecular weight excluding hydrogens is 208 g/mol. The second kappa shape index (κ2) is 3.94. The van der Waals surface area contributed by atoms with Crippen LogP contribution in [0.5, 0.6) is 0 Å². The van der Waals surface area contributed by atoms with Gasteiger partial charge in [0.25, 0.3) is 0 Å². The van der Waals surface area contributed by atoms with E-state index in [2.05, 4.69) is 51.7 Å². The topological polar surface area (TPSA) is 29.3 Å². The van der Waals surface area contributed by atoms with Gasteiger partial charge in [0.05, 0.1) is 0 Å². The SMILES string of the molecule is Cc1cc2c(cc1N)N(C(C)C)CCC2(C)C. The van der Waals surface area contributed by atoms with Crippen molar-refractivity contribution < 1.29 is 0 Å². The Morgan fingerprint density at radius 1 is 1.29 bits per heavy atom. The fourth-order valence-corrected chi connectivity index (χ4v) is 2.68. The number of benzene rings is 1. The second-order valence-corrected chi connectivity index (χ2v) is 6.15. The van der Waals surface area contributed by atoms with Crippen LogP contribution in [0.3, 0.4) is 0 Å². The first-order valence-corrected chi connectivity index (χ1v) is 6.50. The van der Waals surface area contributed by atoms with Crippen LogP contribution in [0.4, 0.5) is 11.4 Å². The molecule has 2 rings (SSSR count). The van der Waals surface area contributed by atoms with Gasteiger partial charge in [0, 0.05) is 24.0 Å². The molecule has 0 saturated heterocycles. The Morgan fingerprint density at radius 2 is 1.94 bits per heavy atom. The number of nitrogen functional groups attached to an aromatic ring is 1. The Labute approximate surface area is 105 Å². The van der Waals surface area contributed by atoms with E-state index in [1.165, 1.54) is 23.2 Å². The molecule has 0 unspecified atom stereocenters. The number of hydrogen-bond acceptors (Lipinski definition) is 2. The van der Waals surface area contributed by atoms with Crippen molar-refractivity contribution in [3.05, 3.63) is 23.3 Å². The lowest BCUT2D eigenvalue weighted by atomic mass is 9.76. The molecule has 0 aliphatic carbocycles. The van der Waals surface area contributed by atoms with Gasteiger partial charge in [0.2, 0.25) is 0 Å². The molecule has 2 nitrogen and oxygen atoms in total. The molecule has 1 aliphatic rings. The van der Waals surface area contributed by atoms with Crippen molar-refractivity contribution in [3.63, 3.8) is 0 Å². The maximum Gasteiger partial charge on any atom is 0.0427 e. The standard InChI is InChI=1S/C15H24N2/c1-10(2)17-7-6-15(4,5)12-8-11(3)13(16)9-14(12)17/h8-10H,6-7,16H2,1-5H3. The lowest BCUT2D eigenvalue weighted by Crippen LogP contribution is -2.41. The van der Waals surface area contributed by atoms with Crippen molar-refractivity contribution in [3.8, 4) is 0 Å². The van der Waals surface area contributed by atoms with Gasteiger partial charge < -0.3 is 10.6 Å². The van der Waals surface area contributed by atoms with Crippen LogP contribution in [0.1, 0.15) is 45.2 Å². The molecule has 1 aromatic rings. The zero-order chi connectivity index (χ0) is 12.8. The molecule has 1 aromatic carbocycles. The average molecular weight is 232 g/mol. The monoisotopic (exact) mass is 232 g/mol. The van der Waals surface area contributed by atoms with Gasteiger partial charge in [-0.2, -0.15) is 0 Å². The van der Waals surface area contributed by atoms with Crippen molar-refractivity contribution >= 4 is 11.4 Å². The van der Waals surface area contributed by atoms with Gasteiger partial charge in [-0.1, -0.05) is 19.9 Å². The first kappa shape index (κ1) is 12.3. The van der Waals surface area contributed by atoms with Crippen LogP contribution in [0, 0.1) is 6.92 Å². The maximum atomic E-state index is 6.07. The number of aryl methyl sites for hydroxylation is 1. The minimum Gasteiger partial charge on any atom is -0.398 e. The highest BCUT2D eigenvalue weighted by Crippen LogP contribution is 2.42. The summed E-state index contributed by atoms with van der Waals surface area (Å²) in [5, 5.41) is 0. The van der Waals surface area contributed by atoms with Crippen LogP contribution >= 0.6 is 0 Å². The van der Waals surface area contributed by atoms with E-state index in [1.54, 1.807) is 0 Å². The van der Waals surface area contributed by atoms with Crippen molar-refractivity contribution in [2.45, 2.75) is 52.5 Å². The largest absolute Gasteiger partial charge is 0.398 e. The Hall–Kier alpha value is -1.18. The number of fused-ring (bicyclic) bond motifs is 1. The summed E-state index contributed by atoms with van der Waals surface area (Å²) in [7, 11) is 0. The fraction of sp³-hybridized carbons (Fsp3) is 0.600. The minimum absolute atomic E-state index is 0.263. The Morgan fingerprint density at radius 3 is 2.53 bits per heavy atom. The van der Waals surface area contributed by atoms with E-state index in [4.69, 9.17) is 5.73 Å². The van der Waals surface area contributed by atoms with E-state index in [0.717, 1.165) is 12.2 Å². The van der Waals surface area contributed by atoms with Crippen LogP contribution in [0.2, 0.25) is 0 Å². The van der Waals surface area contributed by atoms with E-state index in [1.807, 2.05) is 0 Å². The summed E-state index contributed by atoms with van der Waals surface area (Å²) >= 11 is 0. The van der Waals surface area contributed by atoms with Gasteiger partial charge in [-0.15, -0.1) is 0 Å². The molecule has 0 amide bonds. The molecule has 0 bridgehead atoms. The highest BCUT2D eigenvalue weighted by atomic mass is 15.2. The Bertz CT molecular complexity index is 433. The molecule has 94 valence electrons. The van der Waals surface area contributed by atoms with Gasteiger partial charge in [0.15, 0.2) is 0 Å². The molecule has 17 heavy (non-hydrogen) atoms. The fourth-order valence-electron chi connectivity index (χ4n) is 2.68. The molecule has 0 fully saturated rings. The summed E-state index contributed by atoms with van der Waals surface area (Å²) in [5.41, 5.74) is 11.2. The van der Waals surface area contributed by atoms with Gasteiger partial charge in [-0.3, -0.25) is 0 Å². The predicted molar refractivity (Wildman–Crippen MR) is 75.7 cm³/mol.